The van der Waals surface area contributed by atoms with Crippen LogP contribution in [0, 0.1) is 5.92 Å². The van der Waals surface area contributed by atoms with Crippen LogP contribution in [0.2, 0.25) is 0 Å². The van der Waals surface area contributed by atoms with Gasteiger partial charge in [0.2, 0.25) is 0 Å². The number of hydrogen-bond donors (Lipinski definition) is 1. The highest BCUT2D eigenvalue weighted by molar-refractivity contribution is 5.85. The van der Waals surface area contributed by atoms with Crippen molar-refractivity contribution >= 4 is 23.2 Å². The minimum absolute atomic E-state index is 0. The first-order valence-corrected chi connectivity index (χ1v) is 9.88. The van der Waals surface area contributed by atoms with Crippen LogP contribution in [-0.4, -0.2) is 36.2 Å². The van der Waals surface area contributed by atoms with Gasteiger partial charge in [-0.25, -0.2) is 0 Å². The highest BCUT2D eigenvalue weighted by Crippen LogP contribution is 2.24. The minimum Gasteiger partial charge on any atom is -0.508 e. The van der Waals surface area contributed by atoms with Crippen molar-refractivity contribution in [2.45, 2.75) is 19.3 Å². The molecule has 0 saturated carbocycles. The van der Waals surface area contributed by atoms with Crippen LogP contribution in [0.5, 0.6) is 11.5 Å². The fourth-order valence-electron chi connectivity index (χ4n) is 3.95. The summed E-state index contributed by atoms with van der Waals surface area (Å²) < 4.78 is 5.77. The summed E-state index contributed by atoms with van der Waals surface area (Å²) in [6.45, 7) is 3.96. The predicted molar refractivity (Wildman–Crippen MR) is 118 cm³/mol. The lowest BCUT2D eigenvalue weighted by Crippen LogP contribution is -2.37. The molecule has 1 N–H and O–H groups in total. The van der Waals surface area contributed by atoms with E-state index in [0.717, 1.165) is 31.3 Å². The second kappa shape index (κ2) is 9.81. The Labute approximate surface area is 173 Å². The Kier molecular flexibility index (Phi) is 7.18. The molecular formula is C24H28ClNO2. The summed E-state index contributed by atoms with van der Waals surface area (Å²) in [5.74, 6) is 1.87. The smallest absolute Gasteiger partial charge is 0.119 e. The molecule has 148 valence electrons. The molecule has 1 aliphatic heterocycles. The van der Waals surface area contributed by atoms with Crippen molar-refractivity contribution in [1.82, 2.24) is 4.90 Å². The van der Waals surface area contributed by atoms with E-state index in [1.165, 1.54) is 35.6 Å². The number of phenolic OH excluding ortho intramolecular Hbond substituents is 1. The number of likely N-dealkylation sites (tertiary alicyclic amines) is 1. The van der Waals surface area contributed by atoms with Crippen molar-refractivity contribution < 1.29 is 9.84 Å². The maximum Gasteiger partial charge on any atom is 0.119 e. The van der Waals surface area contributed by atoms with E-state index in [9.17, 15) is 5.11 Å². The van der Waals surface area contributed by atoms with Crippen LogP contribution in [-0.2, 0) is 6.42 Å². The van der Waals surface area contributed by atoms with Crippen molar-refractivity contribution in [3.05, 3.63) is 72.3 Å². The van der Waals surface area contributed by atoms with Gasteiger partial charge in [0.25, 0.3) is 0 Å². The van der Waals surface area contributed by atoms with Crippen LogP contribution in [0.1, 0.15) is 18.4 Å². The summed E-state index contributed by atoms with van der Waals surface area (Å²) in [6, 6.07) is 22.4. The molecule has 3 aromatic carbocycles. The summed E-state index contributed by atoms with van der Waals surface area (Å²) >= 11 is 0. The fourth-order valence-corrected chi connectivity index (χ4v) is 3.95. The number of benzene rings is 3. The molecule has 0 spiro atoms. The Morgan fingerprint density at radius 2 is 1.61 bits per heavy atom. The van der Waals surface area contributed by atoms with Gasteiger partial charge in [-0.3, -0.25) is 4.90 Å². The second-order valence-electron chi connectivity index (χ2n) is 7.51. The summed E-state index contributed by atoms with van der Waals surface area (Å²) in [7, 11) is 0. The molecule has 1 heterocycles. The Balaban J connectivity index is 0.00000225. The minimum atomic E-state index is 0. The lowest BCUT2D eigenvalue weighted by atomic mass is 9.89. The fraction of sp³-hybridized carbons (Fsp3) is 0.333. The monoisotopic (exact) mass is 397 g/mol. The number of hydrogen-bond acceptors (Lipinski definition) is 3. The Morgan fingerprint density at radius 1 is 0.893 bits per heavy atom. The normalized spacial score (nSPS) is 15.3. The van der Waals surface area contributed by atoms with E-state index >= 15 is 0 Å². The van der Waals surface area contributed by atoms with Gasteiger partial charge in [-0.05, 0) is 78.9 Å². The number of piperidine rings is 1. The van der Waals surface area contributed by atoms with Crippen molar-refractivity contribution in [2.75, 3.05) is 26.2 Å². The van der Waals surface area contributed by atoms with E-state index in [1.54, 1.807) is 12.1 Å². The third-order valence-electron chi connectivity index (χ3n) is 5.56. The molecule has 0 atom stereocenters. The zero-order valence-corrected chi connectivity index (χ0v) is 16.9. The lowest BCUT2D eigenvalue weighted by molar-refractivity contribution is 0.155. The standard InChI is InChI=1S/C24H27NO2.ClH/c26-23-7-9-24(10-8-23)27-16-15-25-13-11-19(12-14-25)17-20-5-6-21-3-1-2-4-22(21)18-20;/h1-10,18-19,26H,11-17H2;1H. The number of ether oxygens (including phenoxy) is 1. The van der Waals surface area contributed by atoms with Gasteiger partial charge in [0.1, 0.15) is 18.1 Å². The lowest BCUT2D eigenvalue weighted by Gasteiger charge is -2.32. The van der Waals surface area contributed by atoms with E-state index in [0.29, 0.717) is 6.61 Å². The van der Waals surface area contributed by atoms with E-state index in [1.807, 2.05) is 12.1 Å². The largest absolute Gasteiger partial charge is 0.508 e. The molecule has 0 aromatic heterocycles. The molecule has 3 aromatic rings. The van der Waals surface area contributed by atoms with E-state index in [2.05, 4.69) is 47.4 Å². The summed E-state index contributed by atoms with van der Waals surface area (Å²) in [5, 5.41) is 12.0. The quantitative estimate of drug-likeness (QED) is 0.612. The molecule has 4 heteroatoms. The highest BCUT2D eigenvalue weighted by atomic mass is 35.5. The number of fused-ring (bicyclic) bond motifs is 1. The van der Waals surface area contributed by atoms with Crippen molar-refractivity contribution in [3.8, 4) is 11.5 Å². The topological polar surface area (TPSA) is 32.7 Å². The molecule has 1 fully saturated rings. The van der Waals surface area contributed by atoms with Crippen LogP contribution in [0.3, 0.4) is 0 Å². The molecule has 0 bridgehead atoms. The summed E-state index contributed by atoms with van der Waals surface area (Å²) in [6.07, 6.45) is 3.70. The van der Waals surface area contributed by atoms with Crippen molar-refractivity contribution in [3.63, 3.8) is 0 Å². The molecule has 0 radical (unpaired) electrons. The van der Waals surface area contributed by atoms with E-state index in [4.69, 9.17) is 4.74 Å². The molecule has 3 nitrogen and oxygen atoms in total. The number of phenols is 1. The average Bonchev–Trinajstić information content (AvgIpc) is 2.71. The SMILES string of the molecule is Cl.Oc1ccc(OCCN2CCC(Cc3ccc4ccccc4c3)CC2)cc1. The maximum absolute atomic E-state index is 9.30. The summed E-state index contributed by atoms with van der Waals surface area (Å²) in [5.41, 5.74) is 1.46. The van der Waals surface area contributed by atoms with Gasteiger partial charge in [0.05, 0.1) is 0 Å². The third-order valence-corrected chi connectivity index (χ3v) is 5.56. The Morgan fingerprint density at radius 3 is 2.36 bits per heavy atom. The molecule has 0 amide bonds. The number of nitrogens with zero attached hydrogens (tertiary/aromatic N) is 1. The first-order chi connectivity index (χ1) is 13.3. The molecule has 0 aliphatic carbocycles. The van der Waals surface area contributed by atoms with Crippen LogP contribution in [0.25, 0.3) is 10.8 Å². The molecular weight excluding hydrogens is 370 g/mol. The zero-order chi connectivity index (χ0) is 18.5. The Hall–Kier alpha value is -2.23. The van der Waals surface area contributed by atoms with Crippen LogP contribution >= 0.6 is 12.4 Å². The highest BCUT2D eigenvalue weighted by Gasteiger charge is 2.19. The van der Waals surface area contributed by atoms with Gasteiger partial charge < -0.3 is 9.84 Å². The average molecular weight is 398 g/mol. The van der Waals surface area contributed by atoms with Gasteiger partial charge in [0, 0.05) is 6.54 Å². The van der Waals surface area contributed by atoms with E-state index in [-0.39, 0.29) is 18.2 Å². The zero-order valence-electron chi connectivity index (χ0n) is 16.1. The molecule has 0 unspecified atom stereocenters. The van der Waals surface area contributed by atoms with Crippen molar-refractivity contribution in [2.24, 2.45) is 5.92 Å². The first-order valence-electron chi connectivity index (χ1n) is 9.88. The van der Waals surface area contributed by atoms with Gasteiger partial charge in [-0.2, -0.15) is 0 Å². The van der Waals surface area contributed by atoms with Gasteiger partial charge in [-0.15, -0.1) is 12.4 Å². The predicted octanol–water partition coefficient (Wildman–Crippen LogP) is 5.30. The second-order valence-corrected chi connectivity index (χ2v) is 7.51. The van der Waals surface area contributed by atoms with Gasteiger partial charge in [-0.1, -0.05) is 42.5 Å². The first kappa shape index (κ1) is 20.5. The number of rotatable bonds is 6. The van der Waals surface area contributed by atoms with Gasteiger partial charge >= 0.3 is 0 Å². The maximum atomic E-state index is 9.30. The van der Waals surface area contributed by atoms with E-state index < -0.39 is 0 Å². The van der Waals surface area contributed by atoms with Crippen LogP contribution < -0.4 is 4.74 Å². The third kappa shape index (κ3) is 5.40. The van der Waals surface area contributed by atoms with Crippen LogP contribution in [0.15, 0.2) is 66.7 Å². The molecule has 1 saturated heterocycles. The molecule has 4 rings (SSSR count). The molecule has 1 aliphatic rings. The Bertz CT molecular complexity index is 873. The van der Waals surface area contributed by atoms with Crippen molar-refractivity contribution in [1.29, 1.82) is 0 Å². The van der Waals surface area contributed by atoms with Crippen LogP contribution in [0.4, 0.5) is 0 Å². The van der Waals surface area contributed by atoms with Gasteiger partial charge in [0.15, 0.2) is 0 Å². The number of aromatic hydroxyl groups is 1. The molecule has 28 heavy (non-hydrogen) atoms. The number of halogens is 1. The summed E-state index contributed by atoms with van der Waals surface area (Å²) in [4.78, 5) is 2.50.